The smallest absolute Gasteiger partial charge is 0.286 e. The van der Waals surface area contributed by atoms with E-state index in [0.717, 1.165) is 10.9 Å². The molecule has 1 aliphatic heterocycles. The molecule has 2 heterocycles. The van der Waals surface area contributed by atoms with Crippen molar-refractivity contribution < 1.29 is 14.4 Å². The molecular weight excluding hydrogens is 376 g/mol. The number of halogens is 1. The second kappa shape index (κ2) is 7.38. The summed E-state index contributed by atoms with van der Waals surface area (Å²) in [5.41, 5.74) is 4.71. The Kier molecular flexibility index (Phi) is 5.69. The number of aromatic amines is 1. The van der Waals surface area contributed by atoms with Crippen LogP contribution in [0.4, 0.5) is 0 Å². The minimum absolute atomic E-state index is 0.0419. The molecule has 7 nitrogen and oxygen atoms in total. The Hall–Kier alpha value is -1.83. The van der Waals surface area contributed by atoms with Crippen molar-refractivity contribution in [2.75, 3.05) is 13.1 Å². The van der Waals surface area contributed by atoms with Crippen LogP contribution >= 0.6 is 15.9 Å². The first-order chi connectivity index (χ1) is 11.2. The van der Waals surface area contributed by atoms with Crippen molar-refractivity contribution in [2.24, 2.45) is 11.3 Å². The molecule has 1 saturated heterocycles. The summed E-state index contributed by atoms with van der Waals surface area (Å²) < 4.78 is 0.752. The van der Waals surface area contributed by atoms with Crippen molar-refractivity contribution in [3.8, 4) is 0 Å². The van der Waals surface area contributed by atoms with Gasteiger partial charge in [-0.05, 0) is 34.8 Å². The van der Waals surface area contributed by atoms with Crippen molar-refractivity contribution >= 4 is 33.7 Å². The van der Waals surface area contributed by atoms with Gasteiger partial charge in [-0.15, -0.1) is 0 Å². The number of carbonyl (C=O) groups excluding carboxylic acids is 3. The van der Waals surface area contributed by atoms with Gasteiger partial charge in [0.1, 0.15) is 5.69 Å². The summed E-state index contributed by atoms with van der Waals surface area (Å²) in [6.07, 6.45) is 3.11. The molecule has 24 heavy (non-hydrogen) atoms. The first-order valence-electron chi connectivity index (χ1n) is 7.92. The average molecular weight is 399 g/mol. The van der Waals surface area contributed by atoms with Gasteiger partial charge < -0.3 is 9.88 Å². The van der Waals surface area contributed by atoms with Crippen molar-refractivity contribution in [3.63, 3.8) is 0 Å². The summed E-state index contributed by atoms with van der Waals surface area (Å²) in [4.78, 5) is 41.1. The molecule has 0 radical (unpaired) electrons. The maximum Gasteiger partial charge on any atom is 0.286 e. The fourth-order valence-corrected chi connectivity index (χ4v) is 2.98. The number of carbonyl (C=O) groups is 3. The van der Waals surface area contributed by atoms with Gasteiger partial charge in [0.05, 0.1) is 5.92 Å². The van der Waals surface area contributed by atoms with Gasteiger partial charge in [0.25, 0.3) is 5.91 Å². The third-order valence-corrected chi connectivity index (χ3v) is 4.37. The second-order valence-corrected chi connectivity index (χ2v) is 7.93. The van der Waals surface area contributed by atoms with E-state index in [9.17, 15) is 14.4 Å². The topological polar surface area (TPSA) is 94.3 Å². The highest BCUT2D eigenvalue weighted by Crippen LogP contribution is 2.23. The number of hydrazine groups is 1. The highest BCUT2D eigenvalue weighted by molar-refractivity contribution is 9.10. The van der Waals surface area contributed by atoms with Crippen LogP contribution in [0.1, 0.15) is 44.1 Å². The fraction of sp³-hybridized carbons (Fsp3) is 0.562. The summed E-state index contributed by atoms with van der Waals surface area (Å²) in [7, 11) is 0. The number of likely N-dealkylation sites (tertiary alicyclic amines) is 1. The van der Waals surface area contributed by atoms with Crippen LogP contribution in [-0.4, -0.2) is 40.7 Å². The monoisotopic (exact) mass is 398 g/mol. The van der Waals surface area contributed by atoms with Gasteiger partial charge in [0.2, 0.25) is 11.8 Å². The number of piperidine rings is 1. The predicted molar refractivity (Wildman–Crippen MR) is 92.9 cm³/mol. The molecule has 3 N–H and O–H groups in total. The third kappa shape index (κ3) is 4.59. The van der Waals surface area contributed by atoms with Crippen molar-refractivity contribution in [3.05, 3.63) is 22.4 Å². The van der Waals surface area contributed by atoms with Crippen LogP contribution in [0.15, 0.2) is 16.7 Å². The molecule has 3 amide bonds. The highest BCUT2D eigenvalue weighted by Gasteiger charge is 2.33. The quantitative estimate of drug-likeness (QED) is 0.663. The van der Waals surface area contributed by atoms with E-state index < -0.39 is 11.3 Å². The van der Waals surface area contributed by atoms with Gasteiger partial charge in [0, 0.05) is 29.2 Å². The molecule has 0 bridgehead atoms. The molecule has 1 atom stereocenters. The van der Waals surface area contributed by atoms with Crippen LogP contribution in [0, 0.1) is 11.3 Å². The van der Waals surface area contributed by atoms with E-state index in [0.29, 0.717) is 25.2 Å². The number of amides is 3. The number of aromatic nitrogens is 1. The van der Waals surface area contributed by atoms with Crippen LogP contribution in [0.25, 0.3) is 0 Å². The molecule has 2 rings (SSSR count). The molecule has 0 aliphatic carbocycles. The van der Waals surface area contributed by atoms with E-state index in [4.69, 9.17) is 0 Å². The van der Waals surface area contributed by atoms with E-state index >= 15 is 0 Å². The molecule has 1 unspecified atom stereocenters. The van der Waals surface area contributed by atoms with Crippen LogP contribution in [0.3, 0.4) is 0 Å². The molecular formula is C16H23BrN4O3. The number of H-pyrrole nitrogens is 1. The van der Waals surface area contributed by atoms with E-state index in [1.165, 1.54) is 0 Å². The zero-order chi connectivity index (χ0) is 17.9. The Bertz CT molecular complexity index is 636. The Morgan fingerprint density at radius 1 is 1.29 bits per heavy atom. The Morgan fingerprint density at radius 3 is 2.58 bits per heavy atom. The number of hydrogen-bond donors (Lipinski definition) is 3. The van der Waals surface area contributed by atoms with E-state index in [-0.39, 0.29) is 17.7 Å². The lowest BCUT2D eigenvalue weighted by Gasteiger charge is -2.35. The minimum Gasteiger partial charge on any atom is -0.356 e. The Morgan fingerprint density at radius 2 is 2.00 bits per heavy atom. The molecule has 8 heteroatoms. The van der Waals surface area contributed by atoms with E-state index in [2.05, 4.69) is 31.8 Å². The second-order valence-electron chi connectivity index (χ2n) is 7.02. The number of hydrogen-bond acceptors (Lipinski definition) is 3. The SMILES string of the molecule is CC(C)(C)C(=O)N1CCCC(C(=O)NNC(=O)c2cc(Br)c[nH]2)C1. The Balaban J connectivity index is 1.88. The summed E-state index contributed by atoms with van der Waals surface area (Å²) in [6, 6.07) is 1.62. The lowest BCUT2D eigenvalue weighted by atomic mass is 9.91. The standard InChI is InChI=1S/C16H23BrN4O3/c1-16(2,3)15(24)21-6-4-5-10(9-21)13(22)19-20-14(23)12-7-11(17)8-18-12/h7-8,10,18H,4-6,9H2,1-3H3,(H,19,22)(H,20,23). The molecule has 132 valence electrons. The van der Waals surface area contributed by atoms with Crippen LogP contribution in [0.5, 0.6) is 0 Å². The molecule has 0 saturated carbocycles. The van der Waals surface area contributed by atoms with Gasteiger partial charge in [-0.2, -0.15) is 0 Å². The first kappa shape index (κ1) is 18.5. The molecule has 0 spiro atoms. The van der Waals surface area contributed by atoms with E-state index in [1.807, 2.05) is 20.8 Å². The molecule has 1 aliphatic rings. The number of nitrogens with one attached hydrogen (secondary N) is 3. The summed E-state index contributed by atoms with van der Waals surface area (Å²) >= 11 is 3.24. The molecule has 1 aromatic heterocycles. The lowest BCUT2D eigenvalue weighted by Crippen LogP contribution is -2.51. The normalized spacial score (nSPS) is 18.2. The zero-order valence-electron chi connectivity index (χ0n) is 14.1. The van der Waals surface area contributed by atoms with Gasteiger partial charge in [-0.25, -0.2) is 0 Å². The average Bonchev–Trinajstić information content (AvgIpc) is 2.97. The largest absolute Gasteiger partial charge is 0.356 e. The van der Waals surface area contributed by atoms with Gasteiger partial charge in [-0.1, -0.05) is 20.8 Å². The van der Waals surface area contributed by atoms with Crippen LogP contribution in [-0.2, 0) is 9.59 Å². The van der Waals surface area contributed by atoms with Gasteiger partial charge in [-0.3, -0.25) is 25.2 Å². The maximum atomic E-state index is 12.4. The van der Waals surface area contributed by atoms with Crippen molar-refractivity contribution in [2.45, 2.75) is 33.6 Å². The third-order valence-electron chi connectivity index (χ3n) is 3.91. The number of rotatable bonds is 2. The highest BCUT2D eigenvalue weighted by atomic mass is 79.9. The van der Waals surface area contributed by atoms with Crippen molar-refractivity contribution in [1.82, 2.24) is 20.7 Å². The van der Waals surface area contributed by atoms with Gasteiger partial charge >= 0.3 is 0 Å². The summed E-state index contributed by atoms with van der Waals surface area (Å²) in [5.74, 6) is -0.978. The van der Waals surface area contributed by atoms with Gasteiger partial charge in [0.15, 0.2) is 0 Å². The minimum atomic E-state index is -0.465. The number of nitrogens with zero attached hydrogens (tertiary/aromatic N) is 1. The van der Waals surface area contributed by atoms with E-state index in [1.54, 1.807) is 17.2 Å². The Labute approximate surface area is 149 Å². The fourth-order valence-electron chi connectivity index (χ4n) is 2.64. The zero-order valence-corrected chi connectivity index (χ0v) is 15.7. The van der Waals surface area contributed by atoms with Crippen LogP contribution < -0.4 is 10.9 Å². The summed E-state index contributed by atoms with van der Waals surface area (Å²) in [5, 5.41) is 0. The maximum absolute atomic E-state index is 12.4. The molecule has 0 aromatic carbocycles. The van der Waals surface area contributed by atoms with Crippen molar-refractivity contribution in [1.29, 1.82) is 0 Å². The molecule has 1 fully saturated rings. The summed E-state index contributed by atoms with van der Waals surface area (Å²) in [6.45, 7) is 6.66. The predicted octanol–water partition coefficient (Wildman–Crippen LogP) is 1.82. The first-order valence-corrected chi connectivity index (χ1v) is 8.71. The van der Waals surface area contributed by atoms with Crippen LogP contribution in [0.2, 0.25) is 0 Å². The lowest BCUT2D eigenvalue weighted by molar-refractivity contribution is -0.143. The molecule has 1 aromatic rings.